The van der Waals surface area contributed by atoms with Gasteiger partial charge in [0.25, 0.3) is 10.2 Å². The minimum absolute atomic E-state index is 0.439. The number of hydrogen-bond donors (Lipinski definition) is 2. The minimum Gasteiger partial charge on any atom is -0.300 e. The van der Waals surface area contributed by atoms with Crippen molar-refractivity contribution in [2.45, 2.75) is 25.3 Å². The molecule has 2 aliphatic rings. The molecule has 3 N–H and O–H groups in total. The first-order valence-electron chi connectivity index (χ1n) is 5.06. The molecule has 1 aliphatic carbocycles. The number of nitrogens with two attached hydrogens (primary N) is 1. The summed E-state index contributed by atoms with van der Waals surface area (Å²) in [6, 6.07) is 0.787. The van der Waals surface area contributed by atoms with E-state index in [4.69, 9.17) is 5.14 Å². The van der Waals surface area contributed by atoms with Crippen LogP contribution in [0, 0.1) is 5.92 Å². The standard InChI is InChI=1S/C8H17N3O2S/c9-14(12,13)10-5-7-3-4-11(6-7)8-1-2-8/h7-8,10H,1-6H2,(H2,9,12,13). The first kappa shape index (κ1) is 10.4. The fourth-order valence-corrected chi connectivity index (χ4v) is 2.50. The molecule has 1 saturated heterocycles. The van der Waals surface area contributed by atoms with Crippen LogP contribution in [0.3, 0.4) is 0 Å². The second kappa shape index (κ2) is 3.77. The molecule has 1 unspecified atom stereocenters. The van der Waals surface area contributed by atoms with E-state index in [1.54, 1.807) is 0 Å². The van der Waals surface area contributed by atoms with Crippen LogP contribution in [0.5, 0.6) is 0 Å². The van der Waals surface area contributed by atoms with Crippen LogP contribution < -0.4 is 9.86 Å². The first-order valence-corrected chi connectivity index (χ1v) is 6.60. The van der Waals surface area contributed by atoms with Gasteiger partial charge in [-0.3, -0.25) is 0 Å². The second-order valence-corrected chi connectivity index (χ2v) is 5.65. The van der Waals surface area contributed by atoms with Gasteiger partial charge in [-0.05, 0) is 31.7 Å². The monoisotopic (exact) mass is 219 g/mol. The predicted octanol–water partition coefficient (Wildman–Crippen LogP) is -0.736. The van der Waals surface area contributed by atoms with Gasteiger partial charge in [0.1, 0.15) is 0 Å². The number of nitrogens with one attached hydrogen (secondary N) is 1. The molecular weight excluding hydrogens is 202 g/mol. The normalized spacial score (nSPS) is 29.6. The van der Waals surface area contributed by atoms with E-state index >= 15 is 0 Å². The fraction of sp³-hybridized carbons (Fsp3) is 1.00. The third-order valence-corrected chi connectivity index (χ3v) is 3.52. The van der Waals surface area contributed by atoms with Crippen LogP contribution in [0.15, 0.2) is 0 Å². The topological polar surface area (TPSA) is 75.4 Å². The average Bonchev–Trinajstić information content (AvgIpc) is 2.81. The predicted molar refractivity (Wildman–Crippen MR) is 53.8 cm³/mol. The highest BCUT2D eigenvalue weighted by Crippen LogP contribution is 2.31. The molecule has 1 atom stereocenters. The van der Waals surface area contributed by atoms with Crippen LogP contribution in [-0.2, 0) is 10.2 Å². The van der Waals surface area contributed by atoms with Gasteiger partial charge in [-0.1, -0.05) is 0 Å². The Bertz CT molecular complexity index is 300. The SMILES string of the molecule is NS(=O)(=O)NCC1CCN(C2CC2)C1. The lowest BCUT2D eigenvalue weighted by Crippen LogP contribution is -2.35. The summed E-state index contributed by atoms with van der Waals surface area (Å²) in [7, 11) is -3.50. The number of hydrogen-bond acceptors (Lipinski definition) is 3. The van der Waals surface area contributed by atoms with Crippen molar-refractivity contribution in [2.24, 2.45) is 11.1 Å². The quantitative estimate of drug-likeness (QED) is 0.654. The van der Waals surface area contributed by atoms with Gasteiger partial charge in [-0.15, -0.1) is 0 Å². The molecule has 82 valence electrons. The molecule has 0 radical (unpaired) electrons. The number of nitrogens with zero attached hydrogens (tertiary/aromatic N) is 1. The van der Waals surface area contributed by atoms with Crippen LogP contribution in [-0.4, -0.2) is 39.0 Å². The Morgan fingerprint density at radius 3 is 2.64 bits per heavy atom. The van der Waals surface area contributed by atoms with E-state index in [0.29, 0.717) is 12.5 Å². The Balaban J connectivity index is 1.73. The lowest BCUT2D eigenvalue weighted by molar-refractivity contribution is 0.314. The smallest absolute Gasteiger partial charge is 0.274 e. The van der Waals surface area contributed by atoms with Crippen LogP contribution in [0.25, 0.3) is 0 Å². The lowest BCUT2D eigenvalue weighted by Gasteiger charge is -2.14. The van der Waals surface area contributed by atoms with E-state index in [1.807, 2.05) is 0 Å². The summed E-state index contributed by atoms with van der Waals surface area (Å²) in [6.07, 6.45) is 3.71. The van der Waals surface area contributed by atoms with Crippen LogP contribution in [0.4, 0.5) is 0 Å². The maximum Gasteiger partial charge on any atom is 0.274 e. The molecule has 1 aliphatic heterocycles. The van der Waals surface area contributed by atoms with E-state index in [2.05, 4.69) is 9.62 Å². The van der Waals surface area contributed by atoms with Crippen molar-refractivity contribution in [1.82, 2.24) is 9.62 Å². The summed E-state index contributed by atoms with van der Waals surface area (Å²) in [6.45, 7) is 2.62. The third-order valence-electron chi connectivity index (χ3n) is 2.95. The molecule has 0 bridgehead atoms. The van der Waals surface area contributed by atoms with Crippen LogP contribution in [0.2, 0.25) is 0 Å². The van der Waals surface area contributed by atoms with Gasteiger partial charge < -0.3 is 4.90 Å². The molecule has 0 aromatic carbocycles. The molecule has 6 heteroatoms. The van der Waals surface area contributed by atoms with Gasteiger partial charge in [0.15, 0.2) is 0 Å². The number of likely N-dealkylation sites (tertiary alicyclic amines) is 1. The zero-order chi connectivity index (χ0) is 10.2. The lowest BCUT2D eigenvalue weighted by atomic mass is 10.1. The van der Waals surface area contributed by atoms with Crippen LogP contribution >= 0.6 is 0 Å². The Labute approximate surface area is 84.8 Å². The Kier molecular flexibility index (Phi) is 2.79. The maximum absolute atomic E-state index is 10.7. The zero-order valence-electron chi connectivity index (χ0n) is 8.15. The summed E-state index contributed by atoms with van der Waals surface area (Å²) in [5.74, 6) is 0.439. The highest BCUT2D eigenvalue weighted by molar-refractivity contribution is 7.87. The molecule has 5 nitrogen and oxygen atoms in total. The maximum atomic E-state index is 10.7. The molecule has 2 rings (SSSR count). The fourth-order valence-electron chi connectivity index (χ4n) is 2.03. The van der Waals surface area contributed by atoms with Crippen molar-refractivity contribution < 1.29 is 8.42 Å². The molecule has 0 amide bonds. The zero-order valence-corrected chi connectivity index (χ0v) is 8.96. The molecule has 0 aromatic heterocycles. The Morgan fingerprint density at radius 2 is 2.07 bits per heavy atom. The van der Waals surface area contributed by atoms with E-state index in [9.17, 15) is 8.42 Å². The number of rotatable bonds is 4. The van der Waals surface area contributed by atoms with Crippen molar-refractivity contribution in [3.05, 3.63) is 0 Å². The van der Waals surface area contributed by atoms with Crippen molar-refractivity contribution >= 4 is 10.2 Å². The molecule has 0 aromatic rings. The molecule has 1 saturated carbocycles. The minimum atomic E-state index is -3.50. The summed E-state index contributed by atoms with van der Waals surface area (Å²) >= 11 is 0. The van der Waals surface area contributed by atoms with E-state index in [-0.39, 0.29) is 0 Å². The van der Waals surface area contributed by atoms with Gasteiger partial charge in [0.2, 0.25) is 0 Å². The van der Waals surface area contributed by atoms with Crippen LogP contribution in [0.1, 0.15) is 19.3 Å². The van der Waals surface area contributed by atoms with Gasteiger partial charge >= 0.3 is 0 Å². The van der Waals surface area contributed by atoms with Gasteiger partial charge in [0, 0.05) is 19.1 Å². The molecule has 0 spiro atoms. The highest BCUT2D eigenvalue weighted by atomic mass is 32.2. The summed E-state index contributed by atoms with van der Waals surface area (Å²) < 4.78 is 23.7. The van der Waals surface area contributed by atoms with E-state index < -0.39 is 10.2 Å². The average molecular weight is 219 g/mol. The second-order valence-electron chi connectivity index (χ2n) is 4.27. The molecule has 1 heterocycles. The molecular formula is C8H17N3O2S. The highest BCUT2D eigenvalue weighted by Gasteiger charge is 2.34. The Hall–Kier alpha value is -0.170. The largest absolute Gasteiger partial charge is 0.300 e. The van der Waals surface area contributed by atoms with E-state index in [0.717, 1.165) is 25.6 Å². The summed E-state index contributed by atoms with van der Waals surface area (Å²) in [5.41, 5.74) is 0. The molecule has 14 heavy (non-hydrogen) atoms. The summed E-state index contributed by atoms with van der Waals surface area (Å²) in [4.78, 5) is 2.45. The van der Waals surface area contributed by atoms with Gasteiger partial charge in [-0.2, -0.15) is 8.42 Å². The van der Waals surface area contributed by atoms with Crippen molar-refractivity contribution in [3.8, 4) is 0 Å². The Morgan fingerprint density at radius 1 is 1.36 bits per heavy atom. The first-order chi connectivity index (χ1) is 6.54. The van der Waals surface area contributed by atoms with Gasteiger partial charge in [-0.25, -0.2) is 9.86 Å². The van der Waals surface area contributed by atoms with Crippen molar-refractivity contribution in [1.29, 1.82) is 0 Å². The molecule has 2 fully saturated rings. The van der Waals surface area contributed by atoms with Crippen molar-refractivity contribution in [3.63, 3.8) is 0 Å². The summed E-state index contributed by atoms with van der Waals surface area (Å²) in [5, 5.41) is 4.87. The third kappa shape index (κ3) is 2.91. The van der Waals surface area contributed by atoms with Crippen molar-refractivity contribution in [2.75, 3.05) is 19.6 Å². The van der Waals surface area contributed by atoms with E-state index in [1.165, 1.54) is 12.8 Å². The van der Waals surface area contributed by atoms with Gasteiger partial charge in [0.05, 0.1) is 0 Å².